The van der Waals surface area contributed by atoms with Gasteiger partial charge in [-0.15, -0.1) is 0 Å². The molecule has 0 fully saturated rings. The number of halogens is 4. The lowest BCUT2D eigenvalue weighted by Crippen LogP contribution is -2.32. The topological polar surface area (TPSA) is 36.2 Å². The van der Waals surface area contributed by atoms with Crippen LogP contribution < -0.4 is 0 Å². The van der Waals surface area contributed by atoms with Crippen LogP contribution in [0.3, 0.4) is 0 Å². The van der Waals surface area contributed by atoms with Crippen molar-refractivity contribution in [3.63, 3.8) is 0 Å². The summed E-state index contributed by atoms with van der Waals surface area (Å²) in [6, 6.07) is 16.8. The van der Waals surface area contributed by atoms with E-state index >= 15 is 0 Å². The van der Waals surface area contributed by atoms with E-state index in [0.717, 1.165) is 83.1 Å². The maximum absolute atomic E-state index is 14.3. The molecule has 3 aromatic carbocycles. The molecule has 1 aliphatic heterocycles. The zero-order chi connectivity index (χ0) is 35.6. The van der Waals surface area contributed by atoms with E-state index in [0.29, 0.717) is 5.56 Å². The number of nitrogens with zero attached hydrogens (tertiary/aromatic N) is 2. The second kappa shape index (κ2) is 15.9. The quantitative estimate of drug-likeness (QED) is 0.0435. The number of aromatic nitrogens is 2. The van der Waals surface area contributed by atoms with Crippen LogP contribution in [0, 0.1) is 13.8 Å². The number of esters is 1. The molecule has 3 heterocycles. The third-order valence-corrected chi connectivity index (χ3v) is 12.5. The van der Waals surface area contributed by atoms with E-state index in [1.165, 1.54) is 51.4 Å². The number of carbonyl (C=O) groups excluding carboxylic acids is 1. The van der Waals surface area contributed by atoms with Crippen LogP contribution in [0.2, 0.25) is 20.1 Å². The van der Waals surface area contributed by atoms with E-state index in [-0.39, 0.29) is 25.7 Å². The van der Waals surface area contributed by atoms with Crippen LogP contribution in [0.15, 0.2) is 48.5 Å². The molecule has 1 aliphatic rings. The van der Waals surface area contributed by atoms with Gasteiger partial charge in [0.15, 0.2) is 5.60 Å². The molecule has 6 rings (SSSR count). The standard InChI is InChI=1S/C42H48Cl4N2O2/c1-5-7-9-11-13-19-25-47-27(3)34(29-21-15-17-23-31(29)47)42(36-33(41(49)50-42)37(43)39(45)40(46)38(36)44)35-28(4)48(26-20-14-12-10-8-6-2)32-24-18-16-22-30(32)35/h15-18,21-24H,5-14,19-20,25-26H2,1-4H3. The van der Waals surface area contributed by atoms with Gasteiger partial charge in [0.1, 0.15) is 0 Å². The van der Waals surface area contributed by atoms with Crippen molar-refractivity contribution < 1.29 is 9.53 Å². The minimum Gasteiger partial charge on any atom is -0.440 e. The van der Waals surface area contributed by atoms with Gasteiger partial charge in [-0.05, 0) is 38.8 Å². The number of hydrogen-bond acceptors (Lipinski definition) is 2. The molecule has 0 unspecified atom stereocenters. The molecule has 0 saturated heterocycles. The largest absolute Gasteiger partial charge is 0.440 e. The highest BCUT2D eigenvalue weighted by molar-refractivity contribution is 6.53. The van der Waals surface area contributed by atoms with Crippen molar-refractivity contribution in [1.82, 2.24) is 9.13 Å². The summed E-state index contributed by atoms with van der Waals surface area (Å²) in [6.45, 7) is 10.5. The van der Waals surface area contributed by atoms with Crippen LogP contribution in [0.25, 0.3) is 21.8 Å². The third kappa shape index (κ3) is 6.37. The highest BCUT2D eigenvalue weighted by Gasteiger charge is 2.56. The molecule has 2 aromatic heterocycles. The molecule has 0 amide bonds. The Morgan fingerprint density at radius 2 is 0.980 bits per heavy atom. The molecule has 0 spiro atoms. The van der Waals surface area contributed by atoms with E-state index in [4.69, 9.17) is 51.1 Å². The first-order valence-electron chi connectivity index (χ1n) is 18.5. The van der Waals surface area contributed by atoms with E-state index < -0.39 is 11.6 Å². The number of hydrogen-bond donors (Lipinski definition) is 0. The first-order valence-corrected chi connectivity index (χ1v) is 20.0. The zero-order valence-corrected chi connectivity index (χ0v) is 32.8. The van der Waals surface area contributed by atoms with Crippen molar-refractivity contribution in [2.75, 3.05) is 0 Å². The van der Waals surface area contributed by atoms with Gasteiger partial charge >= 0.3 is 5.97 Å². The van der Waals surface area contributed by atoms with Crippen molar-refractivity contribution in [2.45, 2.75) is 123 Å². The van der Waals surface area contributed by atoms with Crippen molar-refractivity contribution in [1.29, 1.82) is 0 Å². The van der Waals surface area contributed by atoms with E-state index in [1.54, 1.807) is 0 Å². The Hall–Kier alpha value is -2.63. The maximum atomic E-state index is 14.3. The fourth-order valence-corrected chi connectivity index (χ4v) is 9.36. The predicted octanol–water partition coefficient (Wildman–Crippen LogP) is 14.0. The van der Waals surface area contributed by atoms with Gasteiger partial charge in [-0.3, -0.25) is 0 Å². The fraction of sp³-hybridized carbons (Fsp3) is 0.452. The number of benzene rings is 3. The Labute approximate surface area is 317 Å². The summed E-state index contributed by atoms with van der Waals surface area (Å²) in [6.07, 6.45) is 14.4. The van der Waals surface area contributed by atoms with Gasteiger partial charge in [0, 0.05) is 63.0 Å². The Morgan fingerprint density at radius 1 is 0.560 bits per heavy atom. The van der Waals surface area contributed by atoms with Gasteiger partial charge in [-0.2, -0.15) is 0 Å². The summed E-state index contributed by atoms with van der Waals surface area (Å²) in [5, 5.41) is 2.41. The highest BCUT2D eigenvalue weighted by Crippen LogP contribution is 2.59. The van der Waals surface area contributed by atoms with Crippen LogP contribution in [0.1, 0.15) is 129 Å². The van der Waals surface area contributed by atoms with E-state index in [2.05, 4.69) is 73.2 Å². The van der Waals surface area contributed by atoms with Crippen molar-refractivity contribution >= 4 is 74.2 Å². The average Bonchev–Trinajstić information content (AvgIpc) is 3.69. The number of unbranched alkanes of at least 4 members (excludes halogenated alkanes) is 10. The van der Waals surface area contributed by atoms with Crippen LogP contribution in [-0.2, 0) is 23.4 Å². The molecule has 0 aliphatic carbocycles. The summed E-state index contributed by atoms with van der Waals surface area (Å²) >= 11 is 27.6. The highest BCUT2D eigenvalue weighted by atomic mass is 35.5. The first-order chi connectivity index (χ1) is 24.2. The Bertz CT molecular complexity index is 1920. The number of aryl methyl sites for hydroxylation is 2. The van der Waals surface area contributed by atoms with Gasteiger partial charge in [0.25, 0.3) is 0 Å². The molecule has 266 valence electrons. The molecular weight excluding hydrogens is 706 g/mol. The Kier molecular flexibility index (Phi) is 11.8. The summed E-state index contributed by atoms with van der Waals surface area (Å²) < 4.78 is 11.6. The SMILES string of the molecule is CCCCCCCCn1c(C)c(C2(c3c(C)n(CCCCCCCC)c4ccccc34)OC(=O)c3c(Cl)c(Cl)c(Cl)c(Cl)c32)c2ccccc21. The molecule has 50 heavy (non-hydrogen) atoms. The van der Waals surface area contributed by atoms with Gasteiger partial charge in [-0.25, -0.2) is 4.79 Å². The van der Waals surface area contributed by atoms with Crippen LogP contribution in [0.4, 0.5) is 0 Å². The van der Waals surface area contributed by atoms with Crippen LogP contribution >= 0.6 is 46.4 Å². The van der Waals surface area contributed by atoms with Gasteiger partial charge in [0.2, 0.25) is 0 Å². The summed E-state index contributed by atoms with van der Waals surface area (Å²) in [4.78, 5) is 14.3. The van der Waals surface area contributed by atoms with Crippen molar-refractivity contribution in [3.8, 4) is 0 Å². The van der Waals surface area contributed by atoms with Crippen molar-refractivity contribution in [2.24, 2.45) is 0 Å². The minimum absolute atomic E-state index is 0.0503. The number of rotatable bonds is 16. The number of carbonyl (C=O) groups is 1. The molecule has 0 saturated carbocycles. The minimum atomic E-state index is -1.44. The summed E-state index contributed by atoms with van der Waals surface area (Å²) in [5.74, 6) is -0.565. The Morgan fingerprint density at radius 3 is 1.46 bits per heavy atom. The molecule has 0 atom stereocenters. The van der Waals surface area contributed by atoms with Crippen LogP contribution in [0.5, 0.6) is 0 Å². The molecule has 0 bridgehead atoms. The van der Waals surface area contributed by atoms with Crippen molar-refractivity contribution in [3.05, 3.63) is 102 Å². The smallest absolute Gasteiger partial charge is 0.341 e. The predicted molar refractivity (Wildman–Crippen MR) is 212 cm³/mol. The lowest BCUT2D eigenvalue weighted by atomic mass is 9.77. The second-order valence-corrected chi connectivity index (χ2v) is 15.4. The molecule has 0 N–H and O–H groups in total. The Balaban J connectivity index is 1.62. The normalized spacial score (nSPS) is 13.9. The molecule has 5 aromatic rings. The monoisotopic (exact) mass is 752 g/mol. The van der Waals surface area contributed by atoms with Gasteiger partial charge in [-0.1, -0.05) is 161 Å². The number of para-hydroxylation sites is 2. The third-order valence-electron chi connectivity index (χ3n) is 10.7. The fourth-order valence-electron chi connectivity index (χ4n) is 8.30. The number of cyclic esters (lactones) is 1. The van der Waals surface area contributed by atoms with Gasteiger partial charge < -0.3 is 13.9 Å². The zero-order valence-electron chi connectivity index (χ0n) is 29.7. The van der Waals surface area contributed by atoms with E-state index in [1.807, 2.05) is 12.1 Å². The number of ether oxygens (including phenoxy) is 1. The molecule has 0 radical (unpaired) electrons. The lowest BCUT2D eigenvalue weighted by Gasteiger charge is -2.32. The second-order valence-electron chi connectivity index (χ2n) is 13.9. The van der Waals surface area contributed by atoms with Gasteiger partial charge in [0.05, 0.1) is 25.7 Å². The number of fused-ring (bicyclic) bond motifs is 3. The molecule has 8 heteroatoms. The maximum Gasteiger partial charge on any atom is 0.341 e. The summed E-state index contributed by atoms with van der Waals surface area (Å²) in [5.41, 5.74) is 5.18. The van der Waals surface area contributed by atoms with Crippen LogP contribution in [-0.4, -0.2) is 15.1 Å². The average molecular weight is 755 g/mol. The molecule has 4 nitrogen and oxygen atoms in total. The van der Waals surface area contributed by atoms with E-state index in [9.17, 15) is 4.79 Å². The first kappa shape index (κ1) is 37.1. The molecular formula is C42H48Cl4N2O2. The lowest BCUT2D eigenvalue weighted by molar-refractivity contribution is 0.0256. The summed E-state index contributed by atoms with van der Waals surface area (Å²) in [7, 11) is 0.